The van der Waals surface area contributed by atoms with Gasteiger partial charge in [-0.3, -0.25) is 9.69 Å². The van der Waals surface area contributed by atoms with E-state index in [2.05, 4.69) is 0 Å². The second-order valence-electron chi connectivity index (χ2n) is 4.59. The summed E-state index contributed by atoms with van der Waals surface area (Å²) in [6, 6.07) is 5.14. The molecule has 1 aromatic rings. The topological polar surface area (TPSA) is 49.8 Å². The number of halogens is 3. The van der Waals surface area contributed by atoms with Gasteiger partial charge < -0.3 is 9.84 Å². The zero-order chi connectivity index (χ0) is 13.8. The molecule has 1 aliphatic heterocycles. The highest BCUT2D eigenvalue weighted by Crippen LogP contribution is 2.27. The van der Waals surface area contributed by atoms with Crippen LogP contribution in [0.25, 0.3) is 0 Å². The zero-order valence-electron chi connectivity index (χ0n) is 10.7. The van der Waals surface area contributed by atoms with Gasteiger partial charge in [0.1, 0.15) is 11.9 Å². The molecule has 112 valence electrons. The van der Waals surface area contributed by atoms with Crippen molar-refractivity contribution in [1.82, 2.24) is 4.90 Å². The molecule has 1 unspecified atom stereocenters. The fraction of sp³-hybridized carbons (Fsp3) is 0.462. The highest BCUT2D eigenvalue weighted by atomic mass is 35.5. The first-order valence-electron chi connectivity index (χ1n) is 6.10. The van der Waals surface area contributed by atoms with Crippen LogP contribution >= 0.6 is 35.6 Å². The molecule has 1 atom stereocenters. The molecule has 1 heterocycles. The predicted molar refractivity (Wildman–Crippen MR) is 81.4 cm³/mol. The van der Waals surface area contributed by atoms with Crippen LogP contribution in [-0.2, 0) is 4.79 Å². The molecular formula is C13H16Cl3NO3. The number of aliphatic carboxylic acids is 1. The number of carboxylic acids is 1. The molecule has 1 saturated heterocycles. The van der Waals surface area contributed by atoms with E-state index in [1.807, 2.05) is 4.90 Å². The van der Waals surface area contributed by atoms with Gasteiger partial charge in [0.05, 0.1) is 16.6 Å². The van der Waals surface area contributed by atoms with E-state index < -0.39 is 5.97 Å². The first-order valence-corrected chi connectivity index (χ1v) is 6.86. The van der Waals surface area contributed by atoms with Crippen molar-refractivity contribution in [3.63, 3.8) is 0 Å². The summed E-state index contributed by atoms with van der Waals surface area (Å²) in [5.74, 6) is -0.147. The van der Waals surface area contributed by atoms with Crippen molar-refractivity contribution >= 4 is 41.6 Å². The number of carboxylic acid groups (broad SMARTS) is 1. The van der Waals surface area contributed by atoms with Crippen LogP contribution in [0.1, 0.15) is 12.8 Å². The first-order chi connectivity index (χ1) is 9.04. The molecule has 0 radical (unpaired) electrons. The summed E-state index contributed by atoms with van der Waals surface area (Å²) in [4.78, 5) is 12.6. The molecule has 1 fully saturated rings. The van der Waals surface area contributed by atoms with Crippen molar-refractivity contribution in [2.24, 2.45) is 0 Å². The number of likely N-dealkylation sites (tertiary alicyclic amines) is 1. The summed E-state index contributed by atoms with van der Waals surface area (Å²) in [5.41, 5.74) is 0. The van der Waals surface area contributed by atoms with E-state index in [0.717, 1.165) is 19.4 Å². The van der Waals surface area contributed by atoms with Crippen LogP contribution in [0.2, 0.25) is 10.0 Å². The van der Waals surface area contributed by atoms with Gasteiger partial charge in [0.2, 0.25) is 0 Å². The van der Waals surface area contributed by atoms with Crippen LogP contribution in [-0.4, -0.2) is 41.7 Å². The second kappa shape index (κ2) is 7.93. The Kier molecular flexibility index (Phi) is 6.89. The summed E-state index contributed by atoms with van der Waals surface area (Å²) in [7, 11) is 0. The predicted octanol–water partition coefficient (Wildman–Crippen LogP) is 3.34. The summed E-state index contributed by atoms with van der Waals surface area (Å²) < 4.78 is 5.83. The Morgan fingerprint density at radius 3 is 2.80 bits per heavy atom. The number of hydrogen-bond acceptors (Lipinski definition) is 3. The molecule has 0 spiro atoms. The van der Waals surface area contributed by atoms with Gasteiger partial charge in [-0.05, 0) is 31.5 Å². The third-order valence-corrected chi connectivity index (χ3v) is 3.75. The lowest BCUT2D eigenvalue weighted by Crippen LogP contribution is -2.43. The van der Waals surface area contributed by atoms with Gasteiger partial charge in [-0.1, -0.05) is 23.2 Å². The van der Waals surface area contributed by atoms with Crippen LogP contribution in [0.5, 0.6) is 5.75 Å². The SMILES string of the molecule is Cl.O=C(O)CN1CCCC(Oc2ccc(Cl)c(Cl)c2)C1. The highest BCUT2D eigenvalue weighted by Gasteiger charge is 2.22. The lowest BCUT2D eigenvalue weighted by atomic mass is 10.1. The minimum Gasteiger partial charge on any atom is -0.489 e. The van der Waals surface area contributed by atoms with Crippen molar-refractivity contribution in [2.45, 2.75) is 18.9 Å². The van der Waals surface area contributed by atoms with E-state index in [1.165, 1.54) is 0 Å². The number of ether oxygens (including phenoxy) is 1. The molecule has 1 aromatic carbocycles. The Labute approximate surface area is 134 Å². The van der Waals surface area contributed by atoms with E-state index in [9.17, 15) is 4.79 Å². The van der Waals surface area contributed by atoms with E-state index in [0.29, 0.717) is 22.3 Å². The summed E-state index contributed by atoms with van der Waals surface area (Å²) >= 11 is 11.8. The molecule has 1 N–H and O–H groups in total. The van der Waals surface area contributed by atoms with E-state index in [-0.39, 0.29) is 25.1 Å². The maximum Gasteiger partial charge on any atom is 0.317 e. The smallest absolute Gasteiger partial charge is 0.317 e. The monoisotopic (exact) mass is 339 g/mol. The second-order valence-corrected chi connectivity index (χ2v) is 5.40. The fourth-order valence-electron chi connectivity index (χ4n) is 2.19. The average molecular weight is 341 g/mol. The van der Waals surface area contributed by atoms with Crippen LogP contribution in [0.3, 0.4) is 0 Å². The van der Waals surface area contributed by atoms with Crippen LogP contribution < -0.4 is 4.74 Å². The van der Waals surface area contributed by atoms with Crippen molar-refractivity contribution in [3.05, 3.63) is 28.2 Å². The minimum atomic E-state index is -0.810. The maximum absolute atomic E-state index is 10.7. The Hall–Kier alpha value is -0.680. The molecule has 0 amide bonds. The highest BCUT2D eigenvalue weighted by molar-refractivity contribution is 6.42. The molecule has 0 aliphatic carbocycles. The number of piperidine rings is 1. The number of carbonyl (C=O) groups is 1. The minimum absolute atomic E-state index is 0. The Bertz CT molecular complexity index is 470. The number of hydrogen-bond donors (Lipinski definition) is 1. The quantitative estimate of drug-likeness (QED) is 0.913. The van der Waals surface area contributed by atoms with Crippen LogP contribution in [0.4, 0.5) is 0 Å². The van der Waals surface area contributed by atoms with Crippen LogP contribution in [0.15, 0.2) is 18.2 Å². The van der Waals surface area contributed by atoms with Crippen molar-refractivity contribution in [1.29, 1.82) is 0 Å². The average Bonchev–Trinajstić information content (AvgIpc) is 2.33. The molecule has 2 rings (SSSR count). The Morgan fingerprint density at radius 2 is 2.15 bits per heavy atom. The van der Waals surface area contributed by atoms with E-state index in [4.69, 9.17) is 33.0 Å². The fourth-order valence-corrected chi connectivity index (χ4v) is 2.47. The summed E-state index contributed by atoms with van der Waals surface area (Å²) in [6.07, 6.45) is 1.83. The van der Waals surface area contributed by atoms with Crippen molar-refractivity contribution in [2.75, 3.05) is 19.6 Å². The van der Waals surface area contributed by atoms with Crippen LogP contribution in [0, 0.1) is 0 Å². The van der Waals surface area contributed by atoms with Gasteiger partial charge in [-0.15, -0.1) is 12.4 Å². The van der Waals surface area contributed by atoms with Gasteiger partial charge in [0.15, 0.2) is 0 Å². The lowest BCUT2D eigenvalue weighted by Gasteiger charge is -2.31. The Morgan fingerprint density at radius 1 is 1.40 bits per heavy atom. The standard InChI is InChI=1S/C13H15Cl2NO3.ClH/c14-11-4-3-9(6-12(11)15)19-10-2-1-5-16(7-10)8-13(17)18;/h3-4,6,10H,1-2,5,7-8H2,(H,17,18);1H. The molecule has 1 aliphatic rings. The van der Waals surface area contributed by atoms with E-state index in [1.54, 1.807) is 18.2 Å². The van der Waals surface area contributed by atoms with Crippen molar-refractivity contribution < 1.29 is 14.6 Å². The third-order valence-electron chi connectivity index (χ3n) is 3.01. The Balaban J connectivity index is 0.00000200. The first kappa shape index (κ1) is 17.4. The number of benzene rings is 1. The number of nitrogens with zero attached hydrogens (tertiary/aromatic N) is 1. The largest absolute Gasteiger partial charge is 0.489 e. The molecular weight excluding hydrogens is 325 g/mol. The summed E-state index contributed by atoms with van der Waals surface area (Å²) in [6.45, 7) is 1.47. The van der Waals surface area contributed by atoms with E-state index >= 15 is 0 Å². The molecule has 4 nitrogen and oxygen atoms in total. The van der Waals surface area contributed by atoms with Gasteiger partial charge in [0, 0.05) is 12.6 Å². The van der Waals surface area contributed by atoms with Gasteiger partial charge in [0.25, 0.3) is 0 Å². The molecule has 0 bridgehead atoms. The maximum atomic E-state index is 10.7. The molecule has 0 saturated carbocycles. The molecule has 7 heteroatoms. The van der Waals surface area contributed by atoms with Gasteiger partial charge >= 0.3 is 5.97 Å². The van der Waals surface area contributed by atoms with Crippen molar-refractivity contribution in [3.8, 4) is 5.75 Å². The normalized spacial score (nSPS) is 19.2. The molecule has 0 aromatic heterocycles. The summed E-state index contributed by atoms with van der Waals surface area (Å²) in [5, 5.41) is 9.74. The van der Waals surface area contributed by atoms with Gasteiger partial charge in [-0.25, -0.2) is 0 Å². The lowest BCUT2D eigenvalue weighted by molar-refractivity contribution is -0.138. The zero-order valence-corrected chi connectivity index (χ0v) is 13.0. The number of rotatable bonds is 4. The third kappa shape index (κ3) is 5.02. The molecule has 20 heavy (non-hydrogen) atoms. The van der Waals surface area contributed by atoms with Gasteiger partial charge in [-0.2, -0.15) is 0 Å².